The van der Waals surface area contributed by atoms with E-state index in [9.17, 15) is 9.59 Å². The monoisotopic (exact) mass is 458 g/mol. The number of hydrogen-bond acceptors (Lipinski definition) is 7. The molecule has 1 amide bonds. The Bertz CT molecular complexity index is 1180. The molecule has 162 valence electrons. The van der Waals surface area contributed by atoms with E-state index in [0.29, 0.717) is 46.5 Å². The number of fused-ring (bicyclic) bond motifs is 1. The van der Waals surface area contributed by atoms with Gasteiger partial charge in [-0.05, 0) is 42.8 Å². The number of thioether (sulfide) groups is 1. The van der Waals surface area contributed by atoms with Gasteiger partial charge >= 0.3 is 0 Å². The molecule has 0 saturated carbocycles. The molecule has 8 nitrogen and oxygen atoms in total. The van der Waals surface area contributed by atoms with Crippen molar-refractivity contribution in [1.29, 1.82) is 0 Å². The van der Waals surface area contributed by atoms with Crippen LogP contribution in [0.2, 0.25) is 5.02 Å². The molecule has 1 fully saturated rings. The van der Waals surface area contributed by atoms with Crippen molar-refractivity contribution in [3.8, 4) is 0 Å². The minimum atomic E-state index is -0.599. The minimum absolute atomic E-state index is 0.0368. The summed E-state index contributed by atoms with van der Waals surface area (Å²) in [5.74, 6) is 0.301. The van der Waals surface area contributed by atoms with Crippen LogP contribution in [0.1, 0.15) is 17.7 Å². The lowest BCUT2D eigenvalue weighted by Crippen LogP contribution is -2.47. The van der Waals surface area contributed by atoms with E-state index in [1.165, 1.54) is 11.8 Å². The van der Waals surface area contributed by atoms with Crippen LogP contribution in [0.4, 0.5) is 5.82 Å². The highest BCUT2D eigenvalue weighted by Gasteiger charge is 2.30. The van der Waals surface area contributed by atoms with Crippen molar-refractivity contribution in [3.05, 3.63) is 57.5 Å². The predicted molar refractivity (Wildman–Crippen MR) is 123 cm³/mol. The van der Waals surface area contributed by atoms with E-state index in [-0.39, 0.29) is 11.5 Å². The number of nitrogen functional groups attached to an aromatic ring is 1. The predicted octanol–water partition coefficient (Wildman–Crippen LogP) is 2.31. The van der Waals surface area contributed by atoms with E-state index < -0.39 is 5.25 Å². The number of rotatable bonds is 5. The lowest BCUT2D eigenvalue weighted by atomic mass is 10.1. The number of piperazine rings is 1. The number of nitrogens with one attached hydrogen (secondary N) is 1. The Labute approximate surface area is 188 Å². The second-order valence-electron chi connectivity index (χ2n) is 7.19. The van der Waals surface area contributed by atoms with Crippen molar-refractivity contribution < 1.29 is 4.79 Å². The number of benzene rings is 1. The second kappa shape index (κ2) is 9.25. The first-order valence-electron chi connectivity index (χ1n) is 10.1. The number of nitrogens with two attached hydrogens (primary N) is 1. The third kappa shape index (κ3) is 4.53. The third-order valence-corrected chi connectivity index (χ3v) is 6.65. The van der Waals surface area contributed by atoms with Gasteiger partial charge in [0.05, 0.1) is 10.9 Å². The number of halogens is 1. The van der Waals surface area contributed by atoms with Crippen LogP contribution in [0.3, 0.4) is 0 Å². The maximum absolute atomic E-state index is 13.5. The zero-order chi connectivity index (χ0) is 22.0. The molecule has 0 aliphatic carbocycles. The van der Waals surface area contributed by atoms with Gasteiger partial charge in [0, 0.05) is 43.9 Å². The Morgan fingerprint density at radius 3 is 2.77 bits per heavy atom. The van der Waals surface area contributed by atoms with Crippen molar-refractivity contribution in [2.45, 2.75) is 23.9 Å². The molecule has 2 aromatic heterocycles. The number of pyridine rings is 1. The van der Waals surface area contributed by atoms with Crippen molar-refractivity contribution in [1.82, 2.24) is 24.8 Å². The zero-order valence-electron chi connectivity index (χ0n) is 17.0. The molecule has 1 aromatic carbocycles. The van der Waals surface area contributed by atoms with Crippen LogP contribution in [0.5, 0.6) is 0 Å². The molecule has 3 aromatic rings. The first kappa shape index (κ1) is 21.6. The van der Waals surface area contributed by atoms with Crippen LogP contribution >= 0.6 is 23.4 Å². The number of nitrogens with zero attached hydrogens (tertiary/aromatic N) is 4. The van der Waals surface area contributed by atoms with Crippen LogP contribution in [0, 0.1) is 0 Å². The molecule has 0 radical (unpaired) electrons. The molecule has 1 atom stereocenters. The van der Waals surface area contributed by atoms with Gasteiger partial charge in [0.2, 0.25) is 5.91 Å². The number of carbonyl (C=O) groups excluding carboxylic acids is 1. The summed E-state index contributed by atoms with van der Waals surface area (Å²) >= 11 is 7.34. The number of aromatic nitrogens is 3. The van der Waals surface area contributed by atoms with Crippen molar-refractivity contribution >= 4 is 46.0 Å². The lowest BCUT2D eigenvalue weighted by molar-refractivity contribution is -0.131. The molecular formula is C21H23ClN6O2S. The van der Waals surface area contributed by atoms with Crippen molar-refractivity contribution in [2.75, 3.05) is 31.9 Å². The van der Waals surface area contributed by atoms with Gasteiger partial charge in [-0.2, -0.15) is 0 Å². The molecule has 1 aliphatic rings. The first-order valence-corrected chi connectivity index (χ1v) is 11.3. The summed E-state index contributed by atoms with van der Waals surface area (Å²) in [6.45, 7) is 5.04. The molecule has 4 rings (SSSR count). The van der Waals surface area contributed by atoms with E-state index in [4.69, 9.17) is 22.3 Å². The van der Waals surface area contributed by atoms with Gasteiger partial charge in [0.1, 0.15) is 11.1 Å². The summed E-state index contributed by atoms with van der Waals surface area (Å²) in [6, 6.07) is 8.53. The van der Waals surface area contributed by atoms with Gasteiger partial charge in [-0.15, -0.1) is 0 Å². The topological polar surface area (TPSA) is 106 Å². The fourth-order valence-corrected chi connectivity index (χ4v) is 4.99. The lowest BCUT2D eigenvalue weighted by Gasteiger charge is -2.31. The van der Waals surface area contributed by atoms with Crippen LogP contribution < -0.4 is 16.6 Å². The minimum Gasteiger partial charge on any atom is -0.384 e. The maximum atomic E-state index is 13.5. The highest BCUT2D eigenvalue weighted by atomic mass is 35.5. The van der Waals surface area contributed by atoms with E-state index in [0.717, 1.165) is 18.7 Å². The summed E-state index contributed by atoms with van der Waals surface area (Å²) in [5.41, 5.74) is 6.99. The fraction of sp³-hybridized carbons (Fsp3) is 0.333. The van der Waals surface area contributed by atoms with Gasteiger partial charge < -0.3 is 16.0 Å². The molecule has 3 heterocycles. The van der Waals surface area contributed by atoms with Gasteiger partial charge in [-0.1, -0.05) is 23.4 Å². The quantitative estimate of drug-likeness (QED) is 0.446. The summed E-state index contributed by atoms with van der Waals surface area (Å²) in [5, 5.41) is 4.07. The van der Waals surface area contributed by atoms with E-state index >= 15 is 0 Å². The van der Waals surface area contributed by atoms with Crippen LogP contribution in [-0.4, -0.2) is 51.5 Å². The SMILES string of the molecule is CCn1c(SC(C(=O)N2CCNCC2)c2ccnc(N)c2)nc2ccc(Cl)cc2c1=O. The summed E-state index contributed by atoms with van der Waals surface area (Å²) in [7, 11) is 0. The molecule has 1 saturated heterocycles. The first-order chi connectivity index (χ1) is 15.0. The second-order valence-corrected chi connectivity index (χ2v) is 8.70. The normalized spacial score (nSPS) is 15.2. The summed E-state index contributed by atoms with van der Waals surface area (Å²) < 4.78 is 1.58. The van der Waals surface area contributed by atoms with Gasteiger partial charge in [-0.3, -0.25) is 14.2 Å². The number of carbonyl (C=O) groups is 1. The Morgan fingerprint density at radius 1 is 1.29 bits per heavy atom. The standard InChI is InChI=1S/C21H23ClN6O2S/c1-2-28-19(29)15-12-14(22)3-4-16(15)26-21(28)31-18(13-5-6-25-17(23)11-13)20(30)27-9-7-24-8-10-27/h3-6,11-12,18,24H,2,7-10H2,1H3,(H2,23,25). The number of anilines is 1. The number of hydrogen-bond donors (Lipinski definition) is 2. The van der Waals surface area contributed by atoms with E-state index in [2.05, 4.69) is 10.3 Å². The Morgan fingerprint density at radius 2 is 2.06 bits per heavy atom. The largest absolute Gasteiger partial charge is 0.384 e. The number of amides is 1. The zero-order valence-corrected chi connectivity index (χ0v) is 18.6. The smallest absolute Gasteiger partial charge is 0.262 e. The third-order valence-electron chi connectivity index (χ3n) is 5.18. The molecule has 31 heavy (non-hydrogen) atoms. The molecule has 0 spiro atoms. The van der Waals surface area contributed by atoms with Crippen LogP contribution in [0.15, 0.2) is 46.5 Å². The van der Waals surface area contributed by atoms with Crippen LogP contribution in [-0.2, 0) is 11.3 Å². The summed E-state index contributed by atoms with van der Waals surface area (Å²) in [4.78, 5) is 37.2. The van der Waals surface area contributed by atoms with Gasteiger partial charge in [0.15, 0.2) is 5.16 Å². The average Bonchev–Trinajstić information content (AvgIpc) is 2.78. The molecule has 0 bridgehead atoms. The molecule has 3 N–H and O–H groups in total. The van der Waals surface area contributed by atoms with Crippen molar-refractivity contribution in [2.24, 2.45) is 0 Å². The van der Waals surface area contributed by atoms with E-state index in [1.54, 1.807) is 41.1 Å². The van der Waals surface area contributed by atoms with Gasteiger partial charge in [0.25, 0.3) is 5.56 Å². The Kier molecular flexibility index (Phi) is 6.45. The van der Waals surface area contributed by atoms with Crippen molar-refractivity contribution in [3.63, 3.8) is 0 Å². The molecule has 1 unspecified atom stereocenters. The van der Waals surface area contributed by atoms with E-state index in [1.807, 2.05) is 11.8 Å². The molecule has 1 aliphatic heterocycles. The summed E-state index contributed by atoms with van der Waals surface area (Å²) in [6.07, 6.45) is 1.59. The van der Waals surface area contributed by atoms with Gasteiger partial charge in [-0.25, -0.2) is 9.97 Å². The Balaban J connectivity index is 1.79. The molecular weight excluding hydrogens is 436 g/mol. The molecule has 10 heteroatoms. The highest BCUT2D eigenvalue weighted by molar-refractivity contribution is 8.00. The fourth-order valence-electron chi connectivity index (χ4n) is 3.59. The Hall–Kier alpha value is -2.62. The van der Waals surface area contributed by atoms with Crippen LogP contribution in [0.25, 0.3) is 10.9 Å². The average molecular weight is 459 g/mol. The maximum Gasteiger partial charge on any atom is 0.262 e. The highest BCUT2D eigenvalue weighted by Crippen LogP contribution is 2.36.